The fourth-order valence-electron chi connectivity index (χ4n) is 6.07. The topological polar surface area (TPSA) is 8.17 Å². The van der Waals surface area contributed by atoms with E-state index in [1.807, 2.05) is 11.3 Å². The standard InChI is InChI=1S/C40H28N2S/c1-4-13-29(14-5-1)30-23-25-33(26-24-30)41(32-17-8-3-9-18-32)36-21-12-22-37-40(36)34-19-10-11-20-35(34)42(37)39-28-27-38(43-39)31-15-6-2-7-16-31/h1-28H. The number of para-hydroxylation sites is 2. The van der Waals surface area contributed by atoms with Gasteiger partial charge in [0.1, 0.15) is 5.00 Å². The van der Waals surface area contributed by atoms with E-state index in [4.69, 9.17) is 0 Å². The molecule has 3 heteroatoms. The summed E-state index contributed by atoms with van der Waals surface area (Å²) in [5, 5.41) is 3.69. The largest absolute Gasteiger partial charge is 0.310 e. The van der Waals surface area contributed by atoms with Gasteiger partial charge in [-0.25, -0.2) is 0 Å². The molecule has 204 valence electrons. The Morgan fingerprint density at radius 1 is 0.419 bits per heavy atom. The first-order valence-electron chi connectivity index (χ1n) is 14.5. The Morgan fingerprint density at radius 2 is 1.00 bits per heavy atom. The van der Waals surface area contributed by atoms with Crippen molar-refractivity contribution in [3.63, 3.8) is 0 Å². The molecule has 0 bridgehead atoms. The fourth-order valence-corrected chi connectivity index (χ4v) is 7.11. The van der Waals surface area contributed by atoms with E-state index >= 15 is 0 Å². The van der Waals surface area contributed by atoms with Crippen LogP contribution in [0.3, 0.4) is 0 Å². The lowest BCUT2D eigenvalue weighted by molar-refractivity contribution is 1.22. The van der Waals surface area contributed by atoms with Gasteiger partial charge in [0.05, 0.1) is 16.7 Å². The summed E-state index contributed by atoms with van der Waals surface area (Å²) in [6.07, 6.45) is 0. The van der Waals surface area contributed by atoms with Crippen LogP contribution in [-0.2, 0) is 0 Å². The summed E-state index contributed by atoms with van der Waals surface area (Å²) in [5.41, 5.74) is 9.48. The summed E-state index contributed by atoms with van der Waals surface area (Å²) in [7, 11) is 0. The van der Waals surface area contributed by atoms with Gasteiger partial charge < -0.3 is 9.47 Å². The van der Waals surface area contributed by atoms with E-state index in [2.05, 4.69) is 179 Å². The van der Waals surface area contributed by atoms with E-state index in [0.29, 0.717) is 0 Å². The van der Waals surface area contributed by atoms with Crippen LogP contribution in [0.2, 0.25) is 0 Å². The molecule has 8 aromatic rings. The Morgan fingerprint density at radius 3 is 1.74 bits per heavy atom. The number of fused-ring (bicyclic) bond motifs is 3. The number of hydrogen-bond acceptors (Lipinski definition) is 2. The number of hydrogen-bond donors (Lipinski definition) is 0. The predicted molar refractivity (Wildman–Crippen MR) is 184 cm³/mol. The van der Waals surface area contributed by atoms with Crippen molar-refractivity contribution in [3.8, 4) is 26.6 Å². The van der Waals surface area contributed by atoms with Crippen LogP contribution in [0.1, 0.15) is 0 Å². The van der Waals surface area contributed by atoms with Gasteiger partial charge in [0.25, 0.3) is 0 Å². The van der Waals surface area contributed by atoms with E-state index in [-0.39, 0.29) is 0 Å². The van der Waals surface area contributed by atoms with E-state index in [1.54, 1.807) is 0 Å². The van der Waals surface area contributed by atoms with Crippen LogP contribution in [0.15, 0.2) is 170 Å². The molecule has 43 heavy (non-hydrogen) atoms. The maximum Gasteiger partial charge on any atom is 0.101 e. The van der Waals surface area contributed by atoms with E-state index in [1.165, 1.54) is 48.4 Å². The van der Waals surface area contributed by atoms with Crippen molar-refractivity contribution >= 4 is 50.2 Å². The maximum atomic E-state index is 2.42. The van der Waals surface area contributed by atoms with Crippen LogP contribution in [-0.4, -0.2) is 4.57 Å². The third-order valence-corrected chi connectivity index (χ3v) is 9.15. The van der Waals surface area contributed by atoms with Gasteiger partial charge >= 0.3 is 0 Å². The summed E-state index contributed by atoms with van der Waals surface area (Å²) in [6, 6.07) is 60.8. The zero-order valence-electron chi connectivity index (χ0n) is 23.5. The molecule has 0 aliphatic carbocycles. The fraction of sp³-hybridized carbons (Fsp3) is 0. The summed E-state index contributed by atoms with van der Waals surface area (Å²) in [4.78, 5) is 3.65. The average molecular weight is 569 g/mol. The van der Waals surface area contributed by atoms with Gasteiger partial charge in [0.15, 0.2) is 0 Å². The lowest BCUT2D eigenvalue weighted by Crippen LogP contribution is -2.10. The molecule has 0 saturated heterocycles. The van der Waals surface area contributed by atoms with Gasteiger partial charge in [0.2, 0.25) is 0 Å². The van der Waals surface area contributed by atoms with Crippen LogP contribution in [0.25, 0.3) is 48.4 Å². The number of nitrogens with zero attached hydrogens (tertiary/aromatic N) is 2. The number of aromatic nitrogens is 1. The molecule has 0 saturated carbocycles. The van der Waals surface area contributed by atoms with Crippen molar-refractivity contribution in [2.45, 2.75) is 0 Å². The van der Waals surface area contributed by atoms with E-state index < -0.39 is 0 Å². The smallest absolute Gasteiger partial charge is 0.101 e. The Labute approximate surface area is 255 Å². The second kappa shape index (κ2) is 10.8. The highest BCUT2D eigenvalue weighted by Crippen LogP contribution is 2.45. The zero-order valence-corrected chi connectivity index (χ0v) is 24.3. The van der Waals surface area contributed by atoms with Crippen molar-refractivity contribution in [3.05, 3.63) is 170 Å². The SMILES string of the molecule is c1ccc(-c2ccc(N(c3ccccc3)c3cccc4c3c3ccccc3n4-c3ccc(-c4ccccc4)s3)cc2)cc1. The van der Waals surface area contributed by atoms with Gasteiger partial charge in [-0.1, -0.05) is 115 Å². The molecule has 2 aromatic heterocycles. The monoisotopic (exact) mass is 568 g/mol. The molecule has 0 radical (unpaired) electrons. The summed E-state index contributed by atoms with van der Waals surface area (Å²) in [6.45, 7) is 0. The van der Waals surface area contributed by atoms with Crippen LogP contribution in [0.5, 0.6) is 0 Å². The third kappa shape index (κ3) is 4.51. The van der Waals surface area contributed by atoms with Crippen molar-refractivity contribution in [2.24, 2.45) is 0 Å². The first-order valence-corrected chi connectivity index (χ1v) is 15.4. The maximum absolute atomic E-state index is 2.42. The summed E-state index contributed by atoms with van der Waals surface area (Å²) in [5.74, 6) is 0. The molecule has 0 spiro atoms. The Kier molecular flexibility index (Phi) is 6.36. The number of thiophene rings is 1. The van der Waals surface area contributed by atoms with Gasteiger partial charge in [-0.15, -0.1) is 11.3 Å². The molecule has 2 heterocycles. The molecule has 0 atom stereocenters. The van der Waals surface area contributed by atoms with Gasteiger partial charge in [0, 0.05) is 27.0 Å². The molecular weight excluding hydrogens is 541 g/mol. The number of benzene rings is 6. The normalized spacial score (nSPS) is 11.3. The minimum atomic E-state index is 1.12. The quantitative estimate of drug-likeness (QED) is 0.194. The van der Waals surface area contributed by atoms with Gasteiger partial charge in [-0.2, -0.15) is 0 Å². The van der Waals surface area contributed by atoms with E-state index in [9.17, 15) is 0 Å². The van der Waals surface area contributed by atoms with Crippen molar-refractivity contribution in [1.82, 2.24) is 4.57 Å². The Hall–Kier alpha value is -5.38. The van der Waals surface area contributed by atoms with E-state index in [0.717, 1.165) is 17.1 Å². The summed E-state index contributed by atoms with van der Waals surface area (Å²) >= 11 is 1.83. The molecule has 2 nitrogen and oxygen atoms in total. The molecule has 0 aliphatic rings. The first kappa shape index (κ1) is 25.3. The van der Waals surface area contributed by atoms with Crippen molar-refractivity contribution in [2.75, 3.05) is 4.90 Å². The highest BCUT2D eigenvalue weighted by Gasteiger charge is 2.21. The molecule has 0 fully saturated rings. The minimum Gasteiger partial charge on any atom is -0.310 e. The Bertz CT molecular complexity index is 2160. The third-order valence-electron chi connectivity index (χ3n) is 8.03. The number of anilines is 3. The molecule has 0 unspecified atom stereocenters. The Balaban J connectivity index is 1.33. The first-order chi connectivity index (χ1) is 21.3. The van der Waals surface area contributed by atoms with Crippen LogP contribution >= 0.6 is 11.3 Å². The highest BCUT2D eigenvalue weighted by molar-refractivity contribution is 7.18. The van der Waals surface area contributed by atoms with Gasteiger partial charge in [-0.3, -0.25) is 0 Å². The van der Waals surface area contributed by atoms with Crippen LogP contribution in [0.4, 0.5) is 17.1 Å². The molecule has 6 aromatic carbocycles. The molecule has 0 aliphatic heterocycles. The van der Waals surface area contributed by atoms with Crippen molar-refractivity contribution < 1.29 is 0 Å². The molecule has 8 rings (SSSR count). The zero-order chi connectivity index (χ0) is 28.6. The van der Waals surface area contributed by atoms with Crippen LogP contribution < -0.4 is 4.90 Å². The van der Waals surface area contributed by atoms with Crippen molar-refractivity contribution in [1.29, 1.82) is 0 Å². The molecule has 0 amide bonds. The average Bonchev–Trinajstić information content (AvgIpc) is 3.70. The lowest BCUT2D eigenvalue weighted by Gasteiger charge is -2.26. The predicted octanol–water partition coefficient (Wildman–Crippen LogP) is 11.6. The summed E-state index contributed by atoms with van der Waals surface area (Å²) < 4.78 is 2.42. The highest BCUT2D eigenvalue weighted by atomic mass is 32.1. The lowest BCUT2D eigenvalue weighted by atomic mass is 10.0. The second-order valence-corrected chi connectivity index (χ2v) is 11.7. The molecule has 0 N–H and O–H groups in total. The van der Waals surface area contributed by atoms with Gasteiger partial charge in [-0.05, 0) is 71.3 Å². The minimum absolute atomic E-state index is 1.12. The number of rotatable bonds is 6. The van der Waals surface area contributed by atoms with Crippen LogP contribution in [0, 0.1) is 0 Å². The second-order valence-electron chi connectivity index (χ2n) is 10.6. The molecular formula is C40H28N2S.